The highest BCUT2D eigenvalue weighted by molar-refractivity contribution is 5.97. The molecule has 27 heavy (non-hydrogen) atoms. The van der Waals surface area contributed by atoms with Crippen LogP contribution in [0.1, 0.15) is 53.4 Å². The third-order valence-corrected chi connectivity index (χ3v) is 3.83. The molecule has 0 radical (unpaired) electrons. The first-order valence-corrected chi connectivity index (χ1v) is 8.09. The second kappa shape index (κ2) is 6.98. The lowest BCUT2D eigenvalue weighted by molar-refractivity contribution is 0.0697. The van der Waals surface area contributed by atoms with E-state index in [4.69, 9.17) is 9.63 Å². The summed E-state index contributed by atoms with van der Waals surface area (Å²) in [6.45, 7) is 5.72. The maximum atomic E-state index is 12.7. The molecule has 2 heterocycles. The standard InChI is InChI=1S/C17H18N6O4/c1-17(2,3)11(15-21-13(23-27-15)12-18-8-19-22-12)20-14(24)9-5-4-6-10(7-9)16(25)26/h4-8,11H,1-3H3,(H,20,24)(H,25,26)(H,18,19,22). The predicted octanol–water partition coefficient (Wildman–Crippen LogP) is 2.07. The number of carbonyl (C=O) groups excluding carboxylic acids is 1. The van der Waals surface area contributed by atoms with Crippen molar-refractivity contribution < 1.29 is 19.2 Å². The van der Waals surface area contributed by atoms with Crippen molar-refractivity contribution in [1.29, 1.82) is 0 Å². The van der Waals surface area contributed by atoms with E-state index in [-0.39, 0.29) is 22.8 Å². The summed E-state index contributed by atoms with van der Waals surface area (Å²) < 4.78 is 5.32. The monoisotopic (exact) mass is 370 g/mol. The molecule has 3 N–H and O–H groups in total. The number of H-pyrrole nitrogens is 1. The zero-order valence-electron chi connectivity index (χ0n) is 14.9. The number of amides is 1. The van der Waals surface area contributed by atoms with E-state index in [1.807, 2.05) is 20.8 Å². The van der Waals surface area contributed by atoms with Gasteiger partial charge < -0.3 is 14.9 Å². The lowest BCUT2D eigenvalue weighted by Gasteiger charge is -2.28. The molecule has 2 aromatic heterocycles. The first-order valence-electron chi connectivity index (χ1n) is 8.09. The van der Waals surface area contributed by atoms with Gasteiger partial charge >= 0.3 is 5.97 Å². The Morgan fingerprint density at radius 2 is 2.00 bits per heavy atom. The Balaban J connectivity index is 1.87. The fourth-order valence-electron chi connectivity index (χ4n) is 2.42. The molecule has 0 aliphatic rings. The predicted molar refractivity (Wildman–Crippen MR) is 92.7 cm³/mol. The number of aromatic nitrogens is 5. The van der Waals surface area contributed by atoms with Crippen molar-refractivity contribution in [2.24, 2.45) is 5.41 Å². The summed E-state index contributed by atoms with van der Waals surface area (Å²) >= 11 is 0. The fraction of sp³-hybridized carbons (Fsp3) is 0.294. The van der Waals surface area contributed by atoms with Gasteiger partial charge in [0.2, 0.25) is 11.7 Å². The van der Waals surface area contributed by atoms with Gasteiger partial charge in [-0.25, -0.2) is 9.78 Å². The first-order chi connectivity index (χ1) is 12.8. The fourth-order valence-corrected chi connectivity index (χ4v) is 2.42. The molecule has 1 amide bonds. The average molecular weight is 370 g/mol. The van der Waals surface area contributed by atoms with Gasteiger partial charge in [0.15, 0.2) is 5.82 Å². The zero-order chi connectivity index (χ0) is 19.6. The molecule has 1 unspecified atom stereocenters. The van der Waals surface area contributed by atoms with E-state index >= 15 is 0 Å². The Morgan fingerprint density at radius 1 is 1.26 bits per heavy atom. The van der Waals surface area contributed by atoms with E-state index in [0.717, 1.165) is 0 Å². The molecular formula is C17H18N6O4. The quantitative estimate of drug-likeness (QED) is 0.618. The van der Waals surface area contributed by atoms with Crippen molar-refractivity contribution in [2.75, 3.05) is 0 Å². The molecule has 0 saturated carbocycles. The molecule has 0 fully saturated rings. The van der Waals surface area contributed by atoms with E-state index < -0.39 is 23.3 Å². The van der Waals surface area contributed by atoms with Gasteiger partial charge in [0.05, 0.1) is 5.56 Å². The highest BCUT2D eigenvalue weighted by Gasteiger charge is 2.33. The average Bonchev–Trinajstić information content (AvgIpc) is 3.29. The minimum atomic E-state index is -1.11. The largest absolute Gasteiger partial charge is 0.478 e. The van der Waals surface area contributed by atoms with Crippen LogP contribution in [0.5, 0.6) is 0 Å². The van der Waals surface area contributed by atoms with Crippen LogP contribution in [-0.2, 0) is 0 Å². The number of aromatic amines is 1. The zero-order valence-corrected chi connectivity index (χ0v) is 14.9. The second-order valence-electron chi connectivity index (χ2n) is 6.95. The SMILES string of the molecule is CC(C)(C)C(NC(=O)c1cccc(C(=O)O)c1)c1nc(-c2ncn[nH]2)no1. The molecular weight excluding hydrogens is 352 g/mol. The minimum Gasteiger partial charge on any atom is -0.478 e. The molecule has 1 atom stereocenters. The van der Waals surface area contributed by atoms with Crippen LogP contribution in [0, 0.1) is 5.41 Å². The molecule has 0 spiro atoms. The van der Waals surface area contributed by atoms with E-state index in [9.17, 15) is 9.59 Å². The van der Waals surface area contributed by atoms with Crippen molar-refractivity contribution in [3.63, 3.8) is 0 Å². The minimum absolute atomic E-state index is 0.0281. The number of benzene rings is 1. The van der Waals surface area contributed by atoms with E-state index in [1.54, 1.807) is 0 Å². The smallest absolute Gasteiger partial charge is 0.335 e. The molecule has 140 valence electrons. The van der Waals surface area contributed by atoms with Gasteiger partial charge in [0.25, 0.3) is 5.91 Å². The number of carboxylic acid groups (broad SMARTS) is 1. The van der Waals surface area contributed by atoms with E-state index in [0.29, 0.717) is 5.82 Å². The number of rotatable bonds is 5. The van der Waals surface area contributed by atoms with Crippen LogP contribution < -0.4 is 5.32 Å². The highest BCUT2D eigenvalue weighted by Crippen LogP contribution is 2.32. The number of hydrogen-bond acceptors (Lipinski definition) is 7. The van der Waals surface area contributed by atoms with Crippen molar-refractivity contribution in [3.05, 3.63) is 47.6 Å². The van der Waals surface area contributed by atoms with Crippen LogP contribution in [0.2, 0.25) is 0 Å². The van der Waals surface area contributed by atoms with Crippen LogP contribution in [0.25, 0.3) is 11.6 Å². The summed E-state index contributed by atoms with van der Waals surface area (Å²) in [5.74, 6) is -0.781. The second-order valence-corrected chi connectivity index (χ2v) is 6.95. The maximum Gasteiger partial charge on any atom is 0.335 e. The van der Waals surface area contributed by atoms with Crippen molar-refractivity contribution in [2.45, 2.75) is 26.8 Å². The maximum absolute atomic E-state index is 12.7. The number of nitrogens with zero attached hydrogens (tertiary/aromatic N) is 4. The number of aromatic carboxylic acids is 1. The lowest BCUT2D eigenvalue weighted by Crippen LogP contribution is -2.37. The molecule has 3 aromatic rings. The lowest BCUT2D eigenvalue weighted by atomic mass is 9.86. The third-order valence-electron chi connectivity index (χ3n) is 3.83. The summed E-state index contributed by atoms with van der Waals surface area (Å²) in [5, 5.41) is 22.2. The molecule has 1 aromatic carbocycles. The van der Waals surface area contributed by atoms with Gasteiger partial charge in [-0.2, -0.15) is 10.1 Å². The summed E-state index contributed by atoms with van der Waals surface area (Å²) in [6.07, 6.45) is 1.32. The Labute approximate surface area is 154 Å². The summed E-state index contributed by atoms with van der Waals surface area (Å²) in [6, 6.07) is 5.17. The van der Waals surface area contributed by atoms with Gasteiger partial charge in [-0.1, -0.05) is 32.0 Å². The normalized spacial score (nSPS) is 12.6. The molecule has 0 aliphatic carbocycles. The molecule has 0 saturated heterocycles. The van der Waals surface area contributed by atoms with Crippen LogP contribution in [0.3, 0.4) is 0 Å². The van der Waals surface area contributed by atoms with Crippen molar-refractivity contribution in [1.82, 2.24) is 30.6 Å². The van der Waals surface area contributed by atoms with E-state index in [2.05, 4.69) is 30.6 Å². The molecule has 3 rings (SSSR count). The Morgan fingerprint density at radius 3 is 2.63 bits per heavy atom. The van der Waals surface area contributed by atoms with Gasteiger partial charge in [-0.15, -0.1) is 0 Å². The van der Waals surface area contributed by atoms with Gasteiger partial charge in [0, 0.05) is 5.56 Å². The summed E-state index contributed by atoms with van der Waals surface area (Å²) in [4.78, 5) is 32.0. The first kappa shape index (κ1) is 18.2. The number of hydrogen-bond donors (Lipinski definition) is 3. The van der Waals surface area contributed by atoms with E-state index in [1.165, 1.54) is 30.6 Å². The number of carbonyl (C=O) groups is 2. The van der Waals surface area contributed by atoms with Gasteiger partial charge in [-0.3, -0.25) is 9.89 Å². The van der Waals surface area contributed by atoms with Crippen molar-refractivity contribution >= 4 is 11.9 Å². The summed E-state index contributed by atoms with van der Waals surface area (Å²) in [5.41, 5.74) is -0.204. The highest BCUT2D eigenvalue weighted by atomic mass is 16.5. The van der Waals surface area contributed by atoms with Crippen LogP contribution in [0.15, 0.2) is 35.1 Å². The topological polar surface area (TPSA) is 147 Å². The van der Waals surface area contributed by atoms with Gasteiger partial charge in [-0.05, 0) is 23.6 Å². The molecule has 10 nitrogen and oxygen atoms in total. The Hall–Kier alpha value is -3.56. The summed E-state index contributed by atoms with van der Waals surface area (Å²) in [7, 11) is 0. The van der Waals surface area contributed by atoms with Crippen molar-refractivity contribution in [3.8, 4) is 11.6 Å². The number of nitrogens with one attached hydrogen (secondary N) is 2. The molecule has 0 bridgehead atoms. The molecule has 10 heteroatoms. The molecule has 0 aliphatic heterocycles. The van der Waals surface area contributed by atoms with Crippen LogP contribution in [-0.4, -0.2) is 42.3 Å². The van der Waals surface area contributed by atoms with Crippen LogP contribution >= 0.6 is 0 Å². The van der Waals surface area contributed by atoms with Crippen LogP contribution in [0.4, 0.5) is 0 Å². The Bertz CT molecular complexity index is 958. The Kier molecular flexibility index (Phi) is 4.72. The third kappa shape index (κ3) is 4.00. The van der Waals surface area contributed by atoms with Gasteiger partial charge in [0.1, 0.15) is 12.4 Å². The number of carboxylic acids is 1.